The molecule has 2 saturated carbocycles. The number of carbonyl (C=O) groups excluding carboxylic acids is 3. The van der Waals surface area contributed by atoms with Crippen molar-refractivity contribution in [3.63, 3.8) is 0 Å². The molecule has 4 aliphatic carbocycles. The van der Waals surface area contributed by atoms with Crippen molar-refractivity contribution in [3.8, 4) is 6.07 Å². The normalized spacial score (nSPS) is 23.6. The van der Waals surface area contributed by atoms with Gasteiger partial charge in [-0.05, 0) is 93.2 Å². The van der Waals surface area contributed by atoms with E-state index in [9.17, 15) is 14.4 Å². The lowest BCUT2D eigenvalue weighted by Gasteiger charge is -2.32. The minimum absolute atomic E-state index is 0.0929. The summed E-state index contributed by atoms with van der Waals surface area (Å²) < 4.78 is 7.65. The Morgan fingerprint density at radius 2 is 1.70 bits per heavy atom. The molecule has 0 radical (unpaired) electrons. The molecule has 54 heavy (non-hydrogen) atoms. The van der Waals surface area contributed by atoms with E-state index in [1.54, 1.807) is 0 Å². The number of rotatable bonds is 12. The van der Waals surface area contributed by atoms with Crippen molar-refractivity contribution in [2.75, 3.05) is 0 Å². The second-order valence-corrected chi connectivity index (χ2v) is 15.5. The number of benzene rings is 2. The highest BCUT2D eigenvalue weighted by molar-refractivity contribution is 6.03. The van der Waals surface area contributed by atoms with E-state index in [-0.39, 0.29) is 53.9 Å². The molecule has 4 aliphatic rings. The lowest BCUT2D eigenvalue weighted by Crippen LogP contribution is -2.47. The third kappa shape index (κ3) is 9.83. The summed E-state index contributed by atoms with van der Waals surface area (Å²) in [6.45, 7) is 0.263. The summed E-state index contributed by atoms with van der Waals surface area (Å²) in [4.78, 5) is 45.6. The standard InChI is InChI=1S/C45H53N5O4/c51-43(47-39-23-11-12-25-42(39)54-31-33-16-5-2-6-17-33)30-50-41(28-40(49-50)44(52)48-38-24-13-21-35-19-9-10-22-37(35)38)45(53)46-29-36-20-8-7-18-34(36)27-26-32-14-3-1-4-15-32/h1-3,5-6,9-10,14,16-17,19,22,28,34,36,38-39,42H,4,7-8,11-13,15,18,20-21,23-27,30-31H2,(H-,47,48,51,52)/p+1/t34-,36?,38?,39+,42+/m1/s1. The Kier molecular flexibility index (Phi) is 12.8. The minimum atomic E-state index is -0.538. The summed E-state index contributed by atoms with van der Waals surface area (Å²) in [5.41, 5.74) is 5.13. The van der Waals surface area contributed by atoms with Crippen molar-refractivity contribution in [1.82, 2.24) is 20.4 Å². The van der Waals surface area contributed by atoms with E-state index in [1.807, 2.05) is 42.5 Å². The summed E-state index contributed by atoms with van der Waals surface area (Å²) in [6, 6.07) is 22.6. The van der Waals surface area contributed by atoms with Crippen molar-refractivity contribution in [3.05, 3.63) is 117 Å². The molecule has 7 rings (SSSR count). The first kappa shape index (κ1) is 37.5. The fourth-order valence-electron chi connectivity index (χ4n) is 8.74. The van der Waals surface area contributed by atoms with Crippen LogP contribution in [-0.4, -0.2) is 39.6 Å². The zero-order valence-electron chi connectivity index (χ0n) is 31.4. The number of aryl methyl sites for hydroxylation is 1. The van der Waals surface area contributed by atoms with Crippen LogP contribution in [0, 0.1) is 17.9 Å². The Bertz CT molecular complexity index is 1900. The number of fused-ring (bicyclic) bond motifs is 1. The Morgan fingerprint density at radius 3 is 2.57 bits per heavy atom. The van der Waals surface area contributed by atoms with Crippen molar-refractivity contribution in [1.29, 1.82) is 0 Å². The molecular formula is C45H54N5O4+. The smallest absolute Gasteiger partial charge is 0.371 e. The molecule has 0 aliphatic heterocycles. The predicted octanol–water partition coefficient (Wildman–Crippen LogP) is 8.67. The number of carbonyl (C=O) groups is 3. The molecule has 3 amide bonds. The average Bonchev–Trinajstić information content (AvgIpc) is 3.64. The van der Waals surface area contributed by atoms with Gasteiger partial charge < -0.3 is 15.4 Å². The summed E-state index contributed by atoms with van der Waals surface area (Å²) in [6.07, 6.45) is 21.6. The van der Waals surface area contributed by atoms with Gasteiger partial charge in [0.25, 0.3) is 12.0 Å². The summed E-state index contributed by atoms with van der Waals surface area (Å²) >= 11 is 0. The van der Waals surface area contributed by atoms with E-state index < -0.39 is 5.91 Å². The van der Waals surface area contributed by atoms with Gasteiger partial charge in [-0.3, -0.25) is 9.59 Å². The van der Waals surface area contributed by atoms with E-state index in [2.05, 4.69) is 57.0 Å². The van der Waals surface area contributed by atoms with E-state index >= 15 is 0 Å². The lowest BCUT2D eigenvalue weighted by atomic mass is 9.77. The van der Waals surface area contributed by atoms with Crippen LogP contribution in [0.25, 0.3) is 4.85 Å². The van der Waals surface area contributed by atoms with Crippen LogP contribution in [-0.2, 0) is 29.1 Å². The highest BCUT2D eigenvalue weighted by Gasteiger charge is 2.33. The number of ether oxygens (including phenoxy) is 1. The first-order chi connectivity index (χ1) is 26.5. The average molecular weight is 729 g/mol. The Morgan fingerprint density at radius 1 is 0.889 bits per heavy atom. The monoisotopic (exact) mass is 728 g/mol. The van der Waals surface area contributed by atoms with E-state index in [0.29, 0.717) is 12.5 Å². The van der Waals surface area contributed by atoms with Crippen LogP contribution in [0.4, 0.5) is 0 Å². The number of hydrogen-bond acceptors (Lipinski definition) is 5. The van der Waals surface area contributed by atoms with Crippen LogP contribution in [0.1, 0.15) is 134 Å². The lowest BCUT2D eigenvalue weighted by molar-refractivity contribution is -0.124. The fourth-order valence-corrected chi connectivity index (χ4v) is 8.74. The summed E-state index contributed by atoms with van der Waals surface area (Å²) in [5.74, 6) is -0.685. The third-order valence-electron chi connectivity index (χ3n) is 11.7. The molecule has 0 spiro atoms. The maximum atomic E-state index is 13.9. The van der Waals surface area contributed by atoms with E-state index in [4.69, 9.17) is 4.74 Å². The largest absolute Gasteiger partial charge is 0.565 e. The summed E-state index contributed by atoms with van der Waals surface area (Å²) in [7, 11) is 0. The van der Waals surface area contributed by atoms with Gasteiger partial charge >= 0.3 is 5.91 Å². The zero-order valence-corrected chi connectivity index (χ0v) is 31.4. The van der Waals surface area contributed by atoms with Crippen LogP contribution in [0.5, 0.6) is 0 Å². The SMILES string of the molecule is O=C(Cn1nc(C(=O)NC2CCCc3ccccc32)cc1C(=O)[N+]#CC1CCCC[C@@H]1CCC1=CC=CCC1)N[C@H]1CCCC[C@@H]1OCc1ccccc1. The number of aromatic nitrogens is 2. The molecule has 0 bridgehead atoms. The van der Waals surface area contributed by atoms with Gasteiger partial charge in [-0.25, -0.2) is 4.68 Å². The van der Waals surface area contributed by atoms with Gasteiger partial charge in [0, 0.05) is 10.9 Å². The van der Waals surface area contributed by atoms with Crippen LogP contribution < -0.4 is 10.6 Å². The first-order valence-electron chi connectivity index (χ1n) is 20.3. The van der Waals surface area contributed by atoms with Crippen LogP contribution in [0.15, 0.2) is 84.5 Å². The quantitative estimate of drug-likeness (QED) is 0.194. The Balaban J connectivity index is 1.07. The summed E-state index contributed by atoms with van der Waals surface area (Å²) in [5, 5.41) is 10.9. The van der Waals surface area contributed by atoms with Crippen LogP contribution in [0.2, 0.25) is 0 Å². The van der Waals surface area contributed by atoms with Gasteiger partial charge in [0.2, 0.25) is 5.91 Å². The van der Waals surface area contributed by atoms with Gasteiger partial charge in [0.05, 0.1) is 30.7 Å². The molecule has 1 aromatic heterocycles. The maximum absolute atomic E-state index is 13.9. The maximum Gasteiger partial charge on any atom is 0.565 e. The predicted molar refractivity (Wildman–Crippen MR) is 210 cm³/mol. The number of hydrogen-bond donors (Lipinski definition) is 2. The van der Waals surface area contributed by atoms with Crippen molar-refractivity contribution < 1.29 is 19.1 Å². The number of allylic oxidation sites excluding steroid dienone is 4. The highest BCUT2D eigenvalue weighted by Crippen LogP contribution is 2.35. The Hall–Kier alpha value is -4.81. The van der Waals surface area contributed by atoms with Crippen LogP contribution >= 0.6 is 0 Å². The molecule has 5 atom stereocenters. The van der Waals surface area contributed by atoms with Crippen molar-refractivity contribution >= 4 is 17.7 Å². The zero-order chi connectivity index (χ0) is 37.1. The van der Waals surface area contributed by atoms with Gasteiger partial charge in [-0.1, -0.05) is 104 Å². The molecule has 3 aromatic rings. The van der Waals surface area contributed by atoms with Gasteiger partial charge in [-0.2, -0.15) is 9.89 Å². The van der Waals surface area contributed by atoms with E-state index in [1.165, 1.54) is 28.3 Å². The minimum Gasteiger partial charge on any atom is -0.371 e. The second-order valence-electron chi connectivity index (χ2n) is 15.5. The number of amides is 3. The molecule has 9 nitrogen and oxygen atoms in total. The highest BCUT2D eigenvalue weighted by atomic mass is 16.5. The number of nitrogens with one attached hydrogen (secondary N) is 2. The molecule has 282 valence electrons. The molecule has 1 heterocycles. The topological polar surface area (TPSA) is 107 Å². The molecule has 2 N–H and O–H groups in total. The molecule has 0 saturated heterocycles. The molecule has 2 aromatic carbocycles. The van der Waals surface area contributed by atoms with Gasteiger partial charge in [0.15, 0.2) is 11.4 Å². The molecule has 9 heteroatoms. The van der Waals surface area contributed by atoms with Gasteiger partial charge in [-0.15, -0.1) is 0 Å². The second kappa shape index (κ2) is 18.5. The Labute approximate surface area is 319 Å². The fraction of sp³-hybridized carbons (Fsp3) is 0.489. The molecule has 2 fully saturated rings. The van der Waals surface area contributed by atoms with Crippen LogP contribution in [0.3, 0.4) is 0 Å². The molecule has 2 unspecified atom stereocenters. The first-order valence-corrected chi connectivity index (χ1v) is 20.3. The molecular weight excluding hydrogens is 675 g/mol. The van der Waals surface area contributed by atoms with Crippen molar-refractivity contribution in [2.24, 2.45) is 11.8 Å². The van der Waals surface area contributed by atoms with Gasteiger partial charge in [0.1, 0.15) is 6.54 Å². The van der Waals surface area contributed by atoms with E-state index in [0.717, 1.165) is 101 Å². The van der Waals surface area contributed by atoms with Crippen molar-refractivity contribution in [2.45, 2.75) is 128 Å². The number of nitrogens with zero attached hydrogens (tertiary/aromatic N) is 3. The third-order valence-corrected chi connectivity index (χ3v) is 11.7.